The van der Waals surface area contributed by atoms with Crippen molar-refractivity contribution in [1.29, 1.82) is 0 Å². The van der Waals surface area contributed by atoms with Gasteiger partial charge in [0.15, 0.2) is 0 Å². The number of aliphatic carboxylic acids is 1. The summed E-state index contributed by atoms with van der Waals surface area (Å²) in [5, 5.41) is 13.2. The van der Waals surface area contributed by atoms with E-state index in [1.807, 2.05) is 37.3 Å². The minimum Gasteiger partial charge on any atom is -0.480 e. The minimum absolute atomic E-state index is 0.132. The van der Waals surface area contributed by atoms with Crippen molar-refractivity contribution in [2.24, 2.45) is 0 Å². The standard InChI is InChI=1S/C21H22N2O2S/c1-14-7-6-9-17(22-14)20(23-12-5-4-10-18(23)21(24)25)16-13-26-19-11-3-2-8-15(16)19/h2-3,6-9,11,13,18,20H,4-5,10,12H2,1H3,(H,24,25). The summed E-state index contributed by atoms with van der Waals surface area (Å²) in [5.74, 6) is -0.734. The first-order valence-electron chi connectivity index (χ1n) is 9.03. The van der Waals surface area contributed by atoms with Gasteiger partial charge < -0.3 is 5.11 Å². The Balaban J connectivity index is 1.88. The van der Waals surface area contributed by atoms with Crippen LogP contribution >= 0.6 is 11.3 Å². The number of carboxylic acid groups (broad SMARTS) is 1. The molecule has 2 unspecified atom stereocenters. The van der Waals surface area contributed by atoms with Gasteiger partial charge in [0.05, 0.1) is 11.7 Å². The van der Waals surface area contributed by atoms with Crippen molar-refractivity contribution in [3.05, 3.63) is 64.8 Å². The van der Waals surface area contributed by atoms with Crippen LogP contribution in [0.1, 0.15) is 42.3 Å². The molecule has 5 heteroatoms. The second kappa shape index (κ2) is 7.17. The molecule has 1 fully saturated rings. The average Bonchev–Trinajstić information content (AvgIpc) is 3.06. The zero-order valence-electron chi connectivity index (χ0n) is 14.8. The maximum atomic E-state index is 11.9. The highest BCUT2D eigenvalue weighted by Gasteiger charge is 2.36. The number of pyridine rings is 1. The van der Waals surface area contributed by atoms with Crippen LogP contribution in [0.2, 0.25) is 0 Å². The molecule has 0 aliphatic carbocycles. The first-order chi connectivity index (χ1) is 12.6. The first kappa shape index (κ1) is 17.2. The fraction of sp³-hybridized carbons (Fsp3) is 0.333. The van der Waals surface area contributed by atoms with E-state index in [0.717, 1.165) is 36.3 Å². The monoisotopic (exact) mass is 366 g/mol. The van der Waals surface area contributed by atoms with Crippen LogP contribution < -0.4 is 0 Å². The zero-order valence-corrected chi connectivity index (χ0v) is 15.6. The lowest BCUT2D eigenvalue weighted by molar-refractivity contribution is -0.145. The van der Waals surface area contributed by atoms with Crippen LogP contribution in [0.4, 0.5) is 0 Å². The number of carbonyl (C=O) groups is 1. The van der Waals surface area contributed by atoms with Gasteiger partial charge in [0, 0.05) is 10.4 Å². The molecule has 1 aromatic carbocycles. The van der Waals surface area contributed by atoms with Crippen molar-refractivity contribution >= 4 is 27.4 Å². The summed E-state index contributed by atoms with van der Waals surface area (Å²) in [6.07, 6.45) is 2.68. The number of aromatic nitrogens is 1. The molecule has 3 aromatic rings. The van der Waals surface area contributed by atoms with E-state index in [4.69, 9.17) is 4.98 Å². The van der Waals surface area contributed by atoms with Crippen LogP contribution in [0.5, 0.6) is 0 Å². The van der Waals surface area contributed by atoms with Crippen molar-refractivity contribution in [3.8, 4) is 0 Å². The Morgan fingerprint density at radius 3 is 2.88 bits per heavy atom. The first-order valence-corrected chi connectivity index (χ1v) is 9.91. The summed E-state index contributed by atoms with van der Waals surface area (Å²) < 4.78 is 1.23. The van der Waals surface area contributed by atoms with Gasteiger partial charge in [0.1, 0.15) is 6.04 Å². The number of aryl methyl sites for hydroxylation is 1. The lowest BCUT2D eigenvalue weighted by atomic mass is 9.93. The number of nitrogens with zero attached hydrogens (tertiary/aromatic N) is 2. The molecule has 0 bridgehead atoms. The van der Waals surface area contributed by atoms with Crippen LogP contribution in [0.15, 0.2) is 47.8 Å². The highest BCUT2D eigenvalue weighted by atomic mass is 32.1. The van der Waals surface area contributed by atoms with Gasteiger partial charge in [-0.25, -0.2) is 0 Å². The van der Waals surface area contributed by atoms with Gasteiger partial charge in [-0.05, 0) is 60.8 Å². The smallest absolute Gasteiger partial charge is 0.320 e. The number of piperidine rings is 1. The molecule has 1 saturated heterocycles. The highest BCUT2D eigenvalue weighted by Crippen LogP contribution is 2.39. The van der Waals surface area contributed by atoms with E-state index < -0.39 is 12.0 Å². The normalized spacial score (nSPS) is 19.5. The predicted octanol–water partition coefficient (Wildman–Crippen LogP) is 4.63. The van der Waals surface area contributed by atoms with Crippen LogP contribution in [0.3, 0.4) is 0 Å². The van der Waals surface area contributed by atoms with Gasteiger partial charge in [0.2, 0.25) is 0 Å². The Kier molecular flexibility index (Phi) is 4.74. The molecule has 1 aliphatic rings. The number of hydrogen-bond donors (Lipinski definition) is 1. The van der Waals surface area contributed by atoms with Crippen molar-refractivity contribution in [1.82, 2.24) is 9.88 Å². The molecule has 3 heterocycles. The summed E-state index contributed by atoms with van der Waals surface area (Å²) in [6, 6.07) is 13.8. The summed E-state index contributed by atoms with van der Waals surface area (Å²) >= 11 is 1.71. The lowest BCUT2D eigenvalue weighted by Crippen LogP contribution is -2.47. The summed E-state index contributed by atoms with van der Waals surface area (Å²) in [7, 11) is 0. The third kappa shape index (κ3) is 3.13. The third-order valence-corrected chi connectivity index (χ3v) is 6.14. The second-order valence-electron chi connectivity index (χ2n) is 6.88. The fourth-order valence-corrected chi connectivity index (χ4v) is 4.94. The molecule has 2 atom stereocenters. The molecule has 1 aliphatic heterocycles. The predicted molar refractivity (Wildman–Crippen MR) is 105 cm³/mol. The number of thiophene rings is 1. The van der Waals surface area contributed by atoms with E-state index in [1.54, 1.807) is 11.3 Å². The lowest BCUT2D eigenvalue weighted by Gasteiger charge is -2.39. The summed E-state index contributed by atoms with van der Waals surface area (Å²) in [5.41, 5.74) is 3.05. The van der Waals surface area contributed by atoms with E-state index >= 15 is 0 Å². The van der Waals surface area contributed by atoms with Crippen molar-refractivity contribution < 1.29 is 9.90 Å². The van der Waals surface area contributed by atoms with Gasteiger partial charge in [-0.1, -0.05) is 30.7 Å². The topological polar surface area (TPSA) is 53.4 Å². The molecule has 26 heavy (non-hydrogen) atoms. The number of benzene rings is 1. The molecule has 0 radical (unpaired) electrons. The maximum Gasteiger partial charge on any atom is 0.320 e. The van der Waals surface area contributed by atoms with Gasteiger partial charge in [-0.15, -0.1) is 11.3 Å². The van der Waals surface area contributed by atoms with E-state index in [9.17, 15) is 9.90 Å². The van der Waals surface area contributed by atoms with Crippen LogP contribution in [0, 0.1) is 6.92 Å². The SMILES string of the molecule is Cc1cccc(C(c2csc3ccccc23)N2CCCCC2C(=O)O)n1. The van der Waals surface area contributed by atoms with E-state index in [2.05, 4.69) is 22.4 Å². The van der Waals surface area contributed by atoms with Gasteiger partial charge in [0.25, 0.3) is 0 Å². The van der Waals surface area contributed by atoms with Gasteiger partial charge in [-0.2, -0.15) is 0 Å². The summed E-state index contributed by atoms with van der Waals surface area (Å²) in [6.45, 7) is 2.76. The number of carboxylic acids is 1. The summed E-state index contributed by atoms with van der Waals surface area (Å²) in [4.78, 5) is 18.9. The molecule has 0 amide bonds. The molecule has 4 nitrogen and oxygen atoms in total. The molecule has 2 aromatic heterocycles. The third-order valence-electron chi connectivity index (χ3n) is 5.16. The van der Waals surface area contributed by atoms with Gasteiger partial charge >= 0.3 is 5.97 Å². The van der Waals surface area contributed by atoms with Crippen molar-refractivity contribution in [2.75, 3.05) is 6.54 Å². The molecular formula is C21H22N2O2S. The number of rotatable bonds is 4. The van der Waals surface area contributed by atoms with Crippen LogP contribution in [0.25, 0.3) is 10.1 Å². The minimum atomic E-state index is -0.734. The van der Waals surface area contributed by atoms with E-state index in [0.29, 0.717) is 6.42 Å². The van der Waals surface area contributed by atoms with E-state index in [-0.39, 0.29) is 6.04 Å². The molecule has 4 rings (SSSR count). The molecule has 0 spiro atoms. The van der Waals surface area contributed by atoms with Crippen LogP contribution in [-0.4, -0.2) is 33.5 Å². The Bertz CT molecular complexity index is 936. The number of fused-ring (bicyclic) bond motifs is 1. The Hall–Kier alpha value is -2.24. The fourth-order valence-electron chi connectivity index (χ4n) is 3.96. The largest absolute Gasteiger partial charge is 0.480 e. The number of hydrogen-bond acceptors (Lipinski definition) is 4. The Morgan fingerprint density at radius 1 is 1.23 bits per heavy atom. The van der Waals surface area contributed by atoms with Crippen molar-refractivity contribution in [3.63, 3.8) is 0 Å². The van der Waals surface area contributed by atoms with Crippen LogP contribution in [-0.2, 0) is 4.79 Å². The highest BCUT2D eigenvalue weighted by molar-refractivity contribution is 7.17. The number of likely N-dealkylation sites (tertiary alicyclic amines) is 1. The van der Waals surface area contributed by atoms with Gasteiger partial charge in [-0.3, -0.25) is 14.7 Å². The Labute approximate surface area is 157 Å². The molecule has 0 saturated carbocycles. The second-order valence-corrected chi connectivity index (χ2v) is 7.79. The maximum absolute atomic E-state index is 11.9. The molecular weight excluding hydrogens is 344 g/mol. The van der Waals surface area contributed by atoms with E-state index in [1.165, 1.54) is 10.1 Å². The molecule has 134 valence electrons. The zero-order chi connectivity index (χ0) is 18.1. The quantitative estimate of drug-likeness (QED) is 0.731. The van der Waals surface area contributed by atoms with Crippen molar-refractivity contribution in [2.45, 2.75) is 38.3 Å². The average molecular weight is 366 g/mol. The Morgan fingerprint density at radius 2 is 2.08 bits per heavy atom. The molecule has 1 N–H and O–H groups in total.